The Bertz CT molecular complexity index is 488. The number of benzene rings is 1. The van der Waals surface area contributed by atoms with E-state index in [1.165, 1.54) is 11.3 Å². The smallest absolute Gasteiger partial charge is 0.194 e. The van der Waals surface area contributed by atoms with Gasteiger partial charge in [-0.25, -0.2) is 0 Å². The topological polar surface area (TPSA) is 50.4 Å². The lowest BCUT2D eigenvalue weighted by atomic mass is 10.2. The molecule has 0 atom stereocenters. The number of hydroxylamine groups is 2. The Balaban J connectivity index is 1.86. The van der Waals surface area contributed by atoms with Gasteiger partial charge in [0.15, 0.2) is 11.9 Å². The average molecular weight is 244 g/mol. The molecular formula is C14H16N2O2. The fourth-order valence-electron chi connectivity index (χ4n) is 1.77. The quantitative estimate of drug-likeness (QED) is 0.495. The highest BCUT2D eigenvalue weighted by atomic mass is 16.5. The summed E-state index contributed by atoms with van der Waals surface area (Å²) in [6, 6.07) is 15.0. The van der Waals surface area contributed by atoms with Crippen LogP contribution in [0.1, 0.15) is 11.3 Å². The molecule has 0 aliphatic heterocycles. The first-order valence-electron chi connectivity index (χ1n) is 5.90. The molecule has 0 aliphatic rings. The monoisotopic (exact) mass is 244 g/mol. The van der Waals surface area contributed by atoms with Crippen LogP contribution in [0, 0.1) is 5.21 Å². The highest BCUT2D eigenvalue weighted by Crippen LogP contribution is 2.03. The first kappa shape index (κ1) is 12.5. The van der Waals surface area contributed by atoms with Gasteiger partial charge in [-0.05, 0) is 5.56 Å². The van der Waals surface area contributed by atoms with Crippen LogP contribution in [0.15, 0.2) is 54.7 Å². The molecule has 0 unspecified atom stereocenters. The van der Waals surface area contributed by atoms with Crippen LogP contribution in [-0.4, -0.2) is 16.8 Å². The maximum absolute atomic E-state index is 11.4. The number of pyridine rings is 1. The van der Waals surface area contributed by atoms with Crippen molar-refractivity contribution in [3.63, 3.8) is 0 Å². The molecule has 1 heterocycles. The summed E-state index contributed by atoms with van der Waals surface area (Å²) in [5.41, 5.74) is 1.70. The molecule has 0 radical (unpaired) electrons. The van der Waals surface area contributed by atoms with Crippen molar-refractivity contribution in [2.24, 2.45) is 0 Å². The van der Waals surface area contributed by atoms with Crippen LogP contribution in [0.3, 0.4) is 0 Å². The van der Waals surface area contributed by atoms with E-state index in [0.29, 0.717) is 25.2 Å². The average Bonchev–Trinajstić information content (AvgIpc) is 2.39. The van der Waals surface area contributed by atoms with E-state index in [9.17, 15) is 10.4 Å². The van der Waals surface area contributed by atoms with Crippen LogP contribution >= 0.6 is 0 Å². The van der Waals surface area contributed by atoms with E-state index in [0.717, 1.165) is 10.3 Å². The molecule has 0 aliphatic carbocycles. The normalized spacial score (nSPS) is 10.8. The maximum Gasteiger partial charge on any atom is 0.194 e. The summed E-state index contributed by atoms with van der Waals surface area (Å²) < 4.78 is 0.830. The minimum Gasteiger partial charge on any atom is -0.619 e. The summed E-state index contributed by atoms with van der Waals surface area (Å²) in [5, 5.41) is 22.4. The van der Waals surface area contributed by atoms with Gasteiger partial charge in [0.05, 0.1) is 0 Å². The number of aromatic nitrogens is 1. The standard InChI is InChI=1S/C14H16N2O2/c17-15(12-13-6-2-1-3-7-13)11-9-14-8-4-5-10-16(14)18/h1-8,10,17H,9,11-12H2. The van der Waals surface area contributed by atoms with Crippen molar-refractivity contribution in [1.29, 1.82) is 0 Å². The molecule has 18 heavy (non-hydrogen) atoms. The lowest BCUT2D eigenvalue weighted by molar-refractivity contribution is -0.614. The number of hydrogen-bond donors (Lipinski definition) is 1. The lowest BCUT2D eigenvalue weighted by Gasteiger charge is -2.14. The summed E-state index contributed by atoms with van der Waals surface area (Å²) >= 11 is 0. The maximum atomic E-state index is 11.4. The largest absolute Gasteiger partial charge is 0.619 e. The van der Waals surface area contributed by atoms with Gasteiger partial charge in [-0.2, -0.15) is 9.79 Å². The Kier molecular flexibility index (Phi) is 4.28. The van der Waals surface area contributed by atoms with Crippen LogP contribution in [0.5, 0.6) is 0 Å². The third-order valence-corrected chi connectivity index (χ3v) is 2.74. The molecule has 4 heteroatoms. The molecule has 0 amide bonds. The van der Waals surface area contributed by atoms with Gasteiger partial charge < -0.3 is 10.4 Å². The third-order valence-electron chi connectivity index (χ3n) is 2.74. The molecule has 1 aromatic heterocycles. The molecule has 0 fully saturated rings. The van der Waals surface area contributed by atoms with Crippen LogP contribution < -0.4 is 4.73 Å². The zero-order valence-corrected chi connectivity index (χ0v) is 10.1. The van der Waals surface area contributed by atoms with Crippen molar-refractivity contribution in [3.05, 3.63) is 71.2 Å². The predicted molar refractivity (Wildman–Crippen MR) is 67.7 cm³/mol. The van der Waals surface area contributed by atoms with Crippen molar-refractivity contribution in [2.45, 2.75) is 13.0 Å². The molecule has 1 aromatic carbocycles. The van der Waals surface area contributed by atoms with E-state index in [1.807, 2.05) is 36.4 Å². The number of hydrogen-bond acceptors (Lipinski definition) is 3. The van der Waals surface area contributed by atoms with Crippen molar-refractivity contribution in [1.82, 2.24) is 5.06 Å². The SMILES string of the molecule is [O-][n+]1ccccc1CCN(O)Cc1ccccc1. The molecule has 0 spiro atoms. The number of nitrogens with zero attached hydrogens (tertiary/aromatic N) is 2. The van der Waals surface area contributed by atoms with Gasteiger partial charge >= 0.3 is 0 Å². The van der Waals surface area contributed by atoms with E-state index in [2.05, 4.69) is 0 Å². The molecule has 1 N–H and O–H groups in total. The van der Waals surface area contributed by atoms with Crippen LogP contribution in [0.25, 0.3) is 0 Å². The second-order valence-electron chi connectivity index (χ2n) is 4.14. The van der Waals surface area contributed by atoms with E-state index in [4.69, 9.17) is 0 Å². The van der Waals surface area contributed by atoms with Gasteiger partial charge in [-0.3, -0.25) is 0 Å². The fourth-order valence-corrected chi connectivity index (χ4v) is 1.77. The molecular weight excluding hydrogens is 228 g/mol. The Morgan fingerprint density at radius 3 is 2.50 bits per heavy atom. The molecule has 94 valence electrons. The zero-order valence-electron chi connectivity index (χ0n) is 10.1. The molecule has 0 saturated heterocycles. The molecule has 4 nitrogen and oxygen atoms in total. The van der Waals surface area contributed by atoms with Gasteiger partial charge in [0, 0.05) is 31.6 Å². The van der Waals surface area contributed by atoms with E-state index < -0.39 is 0 Å². The zero-order chi connectivity index (χ0) is 12.8. The van der Waals surface area contributed by atoms with E-state index >= 15 is 0 Å². The highest BCUT2D eigenvalue weighted by Gasteiger charge is 2.07. The summed E-state index contributed by atoms with van der Waals surface area (Å²) in [6.45, 7) is 0.897. The minimum atomic E-state index is 0.432. The fraction of sp³-hybridized carbons (Fsp3) is 0.214. The Hall–Kier alpha value is -1.91. The van der Waals surface area contributed by atoms with Gasteiger partial charge in [0.2, 0.25) is 0 Å². The first-order chi connectivity index (χ1) is 8.75. The van der Waals surface area contributed by atoms with Crippen molar-refractivity contribution in [2.75, 3.05) is 6.54 Å². The van der Waals surface area contributed by atoms with Crippen molar-refractivity contribution < 1.29 is 9.94 Å². The Morgan fingerprint density at radius 2 is 1.78 bits per heavy atom. The lowest BCUT2D eigenvalue weighted by Crippen LogP contribution is -2.33. The van der Waals surface area contributed by atoms with Gasteiger partial charge in [-0.1, -0.05) is 36.4 Å². The summed E-state index contributed by atoms with van der Waals surface area (Å²) in [5.74, 6) is 0. The first-order valence-corrected chi connectivity index (χ1v) is 5.90. The third kappa shape index (κ3) is 3.55. The second-order valence-corrected chi connectivity index (χ2v) is 4.14. The van der Waals surface area contributed by atoms with Gasteiger partial charge in [0.25, 0.3) is 0 Å². The summed E-state index contributed by atoms with van der Waals surface area (Å²) in [4.78, 5) is 0. The summed E-state index contributed by atoms with van der Waals surface area (Å²) in [7, 11) is 0. The van der Waals surface area contributed by atoms with Gasteiger partial charge in [-0.15, -0.1) is 0 Å². The van der Waals surface area contributed by atoms with Gasteiger partial charge in [0.1, 0.15) is 0 Å². The summed E-state index contributed by atoms with van der Waals surface area (Å²) in [6.07, 6.45) is 1.99. The minimum absolute atomic E-state index is 0.432. The van der Waals surface area contributed by atoms with E-state index in [-0.39, 0.29) is 0 Å². The van der Waals surface area contributed by atoms with Crippen molar-refractivity contribution in [3.8, 4) is 0 Å². The van der Waals surface area contributed by atoms with E-state index in [1.54, 1.807) is 12.1 Å². The van der Waals surface area contributed by atoms with Crippen molar-refractivity contribution >= 4 is 0 Å². The molecule has 0 saturated carbocycles. The highest BCUT2D eigenvalue weighted by molar-refractivity contribution is 5.14. The molecule has 0 bridgehead atoms. The number of rotatable bonds is 5. The molecule has 2 aromatic rings. The Labute approximate surface area is 106 Å². The molecule has 2 rings (SSSR count). The second kappa shape index (κ2) is 6.14. The Morgan fingerprint density at radius 1 is 1.06 bits per heavy atom. The van der Waals surface area contributed by atoms with Crippen LogP contribution in [0.2, 0.25) is 0 Å². The van der Waals surface area contributed by atoms with Crippen LogP contribution in [0.4, 0.5) is 0 Å². The van der Waals surface area contributed by atoms with Crippen LogP contribution in [-0.2, 0) is 13.0 Å². The predicted octanol–water partition coefficient (Wildman–Crippen LogP) is 1.75.